The van der Waals surface area contributed by atoms with Gasteiger partial charge in [-0.3, -0.25) is 9.48 Å². The zero-order valence-corrected chi connectivity index (χ0v) is 11.7. The number of aryl methyl sites for hydroxylation is 2. The molecule has 19 heavy (non-hydrogen) atoms. The summed E-state index contributed by atoms with van der Waals surface area (Å²) in [5.41, 5.74) is 2.03. The molecule has 102 valence electrons. The molecule has 0 aliphatic carbocycles. The second kappa shape index (κ2) is 5.83. The van der Waals surface area contributed by atoms with Crippen LogP contribution >= 0.6 is 11.8 Å². The van der Waals surface area contributed by atoms with Crippen molar-refractivity contribution in [3.05, 3.63) is 17.5 Å². The van der Waals surface area contributed by atoms with Gasteiger partial charge in [0.2, 0.25) is 5.16 Å². The molecule has 0 amide bonds. The summed E-state index contributed by atoms with van der Waals surface area (Å²) in [6.07, 6.45) is 0. The Kier molecular flexibility index (Phi) is 4.15. The van der Waals surface area contributed by atoms with E-state index in [1.807, 2.05) is 24.7 Å². The van der Waals surface area contributed by atoms with Gasteiger partial charge < -0.3 is 4.74 Å². The number of esters is 1. The maximum atomic E-state index is 11.2. The highest BCUT2D eigenvalue weighted by Crippen LogP contribution is 2.20. The quantitative estimate of drug-likeness (QED) is 0.571. The van der Waals surface area contributed by atoms with Gasteiger partial charge in [0.15, 0.2) is 0 Å². The lowest BCUT2D eigenvalue weighted by Gasteiger charge is -2.03. The second-order valence-corrected chi connectivity index (χ2v) is 4.83. The molecule has 0 unspecified atom stereocenters. The van der Waals surface area contributed by atoms with Gasteiger partial charge in [-0.15, -0.1) is 5.10 Å². The van der Waals surface area contributed by atoms with Crippen molar-refractivity contribution in [3.8, 4) is 0 Å². The van der Waals surface area contributed by atoms with Gasteiger partial charge in [-0.25, -0.2) is 4.68 Å². The van der Waals surface area contributed by atoms with Gasteiger partial charge in [-0.05, 0) is 23.4 Å². The van der Waals surface area contributed by atoms with Crippen LogP contribution in [0.15, 0.2) is 11.2 Å². The SMILES string of the molecule is COC(=O)Cn1nnnc1SCc1cc(C)nn1C. The van der Waals surface area contributed by atoms with Crippen LogP contribution in [0.2, 0.25) is 0 Å². The van der Waals surface area contributed by atoms with E-state index in [1.54, 1.807) is 0 Å². The zero-order valence-electron chi connectivity index (χ0n) is 10.9. The largest absolute Gasteiger partial charge is 0.468 e. The molecule has 0 aliphatic rings. The molecular formula is C10H14N6O2S. The summed E-state index contributed by atoms with van der Waals surface area (Å²) in [7, 11) is 3.22. The molecule has 0 N–H and O–H groups in total. The standard InChI is InChI=1S/C10H14N6O2S/c1-7-4-8(15(2)12-7)6-19-10-11-13-14-16(10)5-9(17)18-3/h4H,5-6H2,1-3H3. The van der Waals surface area contributed by atoms with E-state index in [1.165, 1.54) is 23.6 Å². The highest BCUT2D eigenvalue weighted by Gasteiger charge is 2.12. The molecule has 0 aromatic carbocycles. The Morgan fingerprint density at radius 2 is 2.32 bits per heavy atom. The molecule has 2 aromatic heterocycles. The van der Waals surface area contributed by atoms with Gasteiger partial charge in [0, 0.05) is 18.5 Å². The van der Waals surface area contributed by atoms with Crippen molar-refractivity contribution in [3.63, 3.8) is 0 Å². The van der Waals surface area contributed by atoms with Crippen LogP contribution in [0.5, 0.6) is 0 Å². The van der Waals surface area contributed by atoms with Gasteiger partial charge >= 0.3 is 5.97 Å². The molecule has 0 spiro atoms. The maximum absolute atomic E-state index is 11.2. The van der Waals surface area contributed by atoms with Gasteiger partial charge in [0.25, 0.3) is 0 Å². The highest BCUT2D eigenvalue weighted by molar-refractivity contribution is 7.98. The molecule has 2 rings (SSSR count). The van der Waals surface area contributed by atoms with Crippen LogP contribution in [-0.4, -0.2) is 43.1 Å². The Labute approximate surface area is 114 Å². The number of carbonyl (C=O) groups is 1. The first-order valence-electron chi connectivity index (χ1n) is 5.55. The molecule has 0 saturated carbocycles. The van der Waals surface area contributed by atoms with Crippen LogP contribution < -0.4 is 0 Å². The molecule has 0 fully saturated rings. The summed E-state index contributed by atoms with van der Waals surface area (Å²) < 4.78 is 7.82. The average Bonchev–Trinajstić information content (AvgIpc) is 2.93. The Morgan fingerprint density at radius 1 is 1.53 bits per heavy atom. The summed E-state index contributed by atoms with van der Waals surface area (Å²) in [4.78, 5) is 11.2. The first-order valence-corrected chi connectivity index (χ1v) is 6.54. The van der Waals surface area contributed by atoms with E-state index in [2.05, 4.69) is 25.4 Å². The molecule has 0 aliphatic heterocycles. The number of hydrogen-bond donors (Lipinski definition) is 0. The van der Waals surface area contributed by atoms with Crippen molar-refractivity contribution in [2.45, 2.75) is 24.4 Å². The van der Waals surface area contributed by atoms with Gasteiger partial charge in [-0.1, -0.05) is 11.8 Å². The van der Waals surface area contributed by atoms with Crippen LogP contribution in [0.4, 0.5) is 0 Å². The van der Waals surface area contributed by atoms with Gasteiger partial charge in [0.1, 0.15) is 6.54 Å². The number of methoxy groups -OCH3 is 1. The Bertz CT molecular complexity index is 578. The van der Waals surface area contributed by atoms with Gasteiger partial charge in [0.05, 0.1) is 12.8 Å². The Hall–Kier alpha value is -1.90. The number of aromatic nitrogens is 6. The minimum Gasteiger partial charge on any atom is -0.468 e. The fourth-order valence-corrected chi connectivity index (χ4v) is 2.42. The van der Waals surface area contributed by atoms with Crippen molar-refractivity contribution in [2.24, 2.45) is 7.05 Å². The molecule has 0 saturated heterocycles. The van der Waals surface area contributed by atoms with Crippen LogP contribution in [0, 0.1) is 6.92 Å². The lowest BCUT2D eigenvalue weighted by molar-refractivity contribution is -0.141. The maximum Gasteiger partial charge on any atom is 0.327 e. The third-order valence-corrected chi connectivity index (χ3v) is 3.44. The minimum absolute atomic E-state index is 0.0102. The number of thioether (sulfide) groups is 1. The van der Waals surface area contributed by atoms with E-state index >= 15 is 0 Å². The first-order chi connectivity index (χ1) is 9.10. The number of carbonyl (C=O) groups excluding carboxylic acids is 1. The first kappa shape index (κ1) is 13.5. The monoisotopic (exact) mass is 282 g/mol. The summed E-state index contributed by atoms with van der Waals surface area (Å²) in [5, 5.41) is 16.0. The smallest absolute Gasteiger partial charge is 0.327 e. The molecule has 0 atom stereocenters. The van der Waals surface area contributed by atoms with Crippen molar-refractivity contribution in [1.82, 2.24) is 30.0 Å². The molecular weight excluding hydrogens is 268 g/mol. The number of nitrogens with zero attached hydrogens (tertiary/aromatic N) is 6. The lowest BCUT2D eigenvalue weighted by atomic mass is 10.4. The van der Waals surface area contributed by atoms with E-state index in [-0.39, 0.29) is 12.5 Å². The molecule has 0 bridgehead atoms. The van der Waals surface area contributed by atoms with Crippen LogP contribution in [0.1, 0.15) is 11.4 Å². The summed E-state index contributed by atoms with van der Waals surface area (Å²) in [5.74, 6) is 0.296. The summed E-state index contributed by atoms with van der Waals surface area (Å²) >= 11 is 1.45. The predicted octanol–water partition coefficient (Wildman–Crippen LogP) is 0.180. The van der Waals surface area contributed by atoms with Crippen molar-refractivity contribution < 1.29 is 9.53 Å². The van der Waals surface area contributed by atoms with Gasteiger partial charge in [-0.2, -0.15) is 5.10 Å². The number of ether oxygens (including phenoxy) is 1. The molecule has 8 nitrogen and oxygen atoms in total. The van der Waals surface area contributed by atoms with E-state index in [4.69, 9.17) is 0 Å². The fourth-order valence-electron chi connectivity index (χ4n) is 1.52. The third kappa shape index (κ3) is 3.31. The van der Waals surface area contributed by atoms with Crippen molar-refractivity contribution in [2.75, 3.05) is 7.11 Å². The fraction of sp³-hybridized carbons (Fsp3) is 0.500. The molecule has 2 aromatic rings. The van der Waals surface area contributed by atoms with Crippen LogP contribution in [0.3, 0.4) is 0 Å². The summed E-state index contributed by atoms with van der Waals surface area (Å²) in [6, 6.07) is 2.00. The number of tetrazole rings is 1. The number of hydrogen-bond acceptors (Lipinski definition) is 7. The average molecular weight is 282 g/mol. The second-order valence-electron chi connectivity index (χ2n) is 3.88. The van der Waals surface area contributed by atoms with E-state index in [0.717, 1.165) is 11.4 Å². The van der Waals surface area contributed by atoms with E-state index in [9.17, 15) is 4.79 Å². The van der Waals surface area contributed by atoms with E-state index in [0.29, 0.717) is 10.9 Å². The Morgan fingerprint density at radius 3 is 2.95 bits per heavy atom. The van der Waals surface area contributed by atoms with Crippen LogP contribution in [0.25, 0.3) is 0 Å². The van der Waals surface area contributed by atoms with Crippen molar-refractivity contribution in [1.29, 1.82) is 0 Å². The molecule has 2 heterocycles. The molecule has 9 heteroatoms. The van der Waals surface area contributed by atoms with Crippen molar-refractivity contribution >= 4 is 17.7 Å². The minimum atomic E-state index is -0.384. The van der Waals surface area contributed by atoms with E-state index < -0.39 is 0 Å². The third-order valence-electron chi connectivity index (χ3n) is 2.45. The highest BCUT2D eigenvalue weighted by atomic mass is 32.2. The topological polar surface area (TPSA) is 87.7 Å². The Balaban J connectivity index is 2.02. The number of rotatable bonds is 5. The molecule has 0 radical (unpaired) electrons. The normalized spacial score (nSPS) is 10.7. The zero-order chi connectivity index (χ0) is 13.8. The summed E-state index contributed by atoms with van der Waals surface area (Å²) in [6.45, 7) is 1.95. The lowest BCUT2D eigenvalue weighted by Crippen LogP contribution is -2.13. The predicted molar refractivity (Wildman–Crippen MR) is 67.3 cm³/mol. The van der Waals surface area contributed by atoms with Crippen LogP contribution in [-0.2, 0) is 28.9 Å².